The fourth-order valence-corrected chi connectivity index (χ4v) is 3.00. The molecule has 1 heterocycles. The Morgan fingerprint density at radius 3 is 2.44 bits per heavy atom. The fraction of sp³-hybridized carbons (Fsp3) is 0.500. The second-order valence-corrected chi connectivity index (χ2v) is 7.01. The molecule has 1 unspecified atom stereocenters. The molecule has 32 heavy (non-hydrogen) atoms. The van der Waals surface area contributed by atoms with Crippen LogP contribution in [0.2, 0.25) is 0 Å². The summed E-state index contributed by atoms with van der Waals surface area (Å²) < 4.78 is 19.8. The maximum Gasteiger partial charge on any atom is 0.519 e. The Balaban J connectivity index is 1.88. The zero-order valence-corrected chi connectivity index (χ0v) is 18.4. The summed E-state index contributed by atoms with van der Waals surface area (Å²) in [7, 11) is 0. The number of carbonyl (C=O) groups is 2. The summed E-state index contributed by atoms with van der Waals surface area (Å²) in [6.07, 6.45) is -0.209. The van der Waals surface area contributed by atoms with E-state index in [1.807, 2.05) is 0 Å². The maximum atomic E-state index is 12.1. The highest BCUT2D eigenvalue weighted by Crippen LogP contribution is 2.20. The minimum Gasteiger partial charge on any atom is -0.462 e. The number of carbonyl (C=O) groups excluding carboxylic acids is 2. The largest absolute Gasteiger partial charge is 0.519 e. The van der Waals surface area contributed by atoms with Gasteiger partial charge in [-0.2, -0.15) is 0 Å². The monoisotopic (exact) mass is 451 g/mol. The number of aryl methyl sites for hydroxylation is 1. The molecule has 176 valence electrons. The molecule has 0 aliphatic carbocycles. The number of nitrogens with one attached hydrogen (secondary N) is 1. The summed E-state index contributed by atoms with van der Waals surface area (Å²) in [5, 5.41) is 10.3. The van der Waals surface area contributed by atoms with E-state index < -0.39 is 24.0 Å². The molecular formula is C22H29NO9. The van der Waals surface area contributed by atoms with Gasteiger partial charge in [0.05, 0.1) is 12.2 Å². The van der Waals surface area contributed by atoms with Gasteiger partial charge in [0.1, 0.15) is 12.4 Å². The molecule has 0 aliphatic rings. The van der Waals surface area contributed by atoms with Crippen molar-refractivity contribution < 1.29 is 37.8 Å². The van der Waals surface area contributed by atoms with E-state index in [9.17, 15) is 19.5 Å². The number of amides is 1. The molecule has 10 nitrogen and oxygen atoms in total. The Morgan fingerprint density at radius 2 is 1.84 bits per heavy atom. The Bertz CT molecular complexity index is 916. The third kappa shape index (κ3) is 7.95. The number of benzene rings is 1. The number of aliphatic hydroxyl groups is 1. The number of rotatable bonds is 13. The number of hydrogen-bond acceptors (Lipinski definition) is 9. The van der Waals surface area contributed by atoms with E-state index in [0.717, 1.165) is 5.56 Å². The van der Waals surface area contributed by atoms with Crippen molar-refractivity contribution in [3.05, 3.63) is 57.5 Å². The van der Waals surface area contributed by atoms with Crippen LogP contribution >= 0.6 is 0 Å². The normalized spacial score (nSPS) is 12.9. The van der Waals surface area contributed by atoms with Gasteiger partial charge >= 0.3 is 11.8 Å². The molecule has 1 aromatic carbocycles. The molecule has 2 rings (SSSR count). The molecular weight excluding hydrogens is 422 g/mol. The minimum atomic E-state index is -1.05. The molecule has 0 saturated carbocycles. The molecule has 0 fully saturated rings. The van der Waals surface area contributed by atoms with Crippen molar-refractivity contribution >= 4 is 11.9 Å². The van der Waals surface area contributed by atoms with Crippen LogP contribution in [0.15, 0.2) is 37.9 Å². The van der Waals surface area contributed by atoms with Gasteiger partial charge in [0.25, 0.3) is 0 Å². The van der Waals surface area contributed by atoms with Gasteiger partial charge in [0.15, 0.2) is 12.1 Å². The van der Waals surface area contributed by atoms with Gasteiger partial charge in [-0.25, -0.2) is 15.1 Å². The summed E-state index contributed by atoms with van der Waals surface area (Å²) in [4.78, 5) is 40.0. The van der Waals surface area contributed by atoms with Crippen molar-refractivity contribution in [3.63, 3.8) is 0 Å². The first-order valence-corrected chi connectivity index (χ1v) is 10.4. The first-order chi connectivity index (χ1) is 15.3. The lowest BCUT2D eigenvalue weighted by atomic mass is 9.93. The van der Waals surface area contributed by atoms with Crippen LogP contribution < -0.4 is 11.3 Å². The standard InChI is InChI=1S/C22H29NO9/c1-4-28-20(25)16-8-6-15(7-9-16)12-17(21(26)29-5-2)10-11-19(24)23-30-13-18-14(3)31-22(27)32-18/h6-9,17,21,26H,4-5,10-13H2,1-3H3,(H,23,24)/t17?,21-/m0/s1. The van der Waals surface area contributed by atoms with Gasteiger partial charge in [0.2, 0.25) is 5.91 Å². The third-order valence-corrected chi connectivity index (χ3v) is 4.67. The van der Waals surface area contributed by atoms with Crippen LogP contribution in [-0.4, -0.2) is 36.5 Å². The van der Waals surface area contributed by atoms with Gasteiger partial charge < -0.3 is 23.4 Å². The van der Waals surface area contributed by atoms with Gasteiger partial charge in [-0.1, -0.05) is 12.1 Å². The third-order valence-electron chi connectivity index (χ3n) is 4.67. The van der Waals surface area contributed by atoms with E-state index in [4.69, 9.17) is 23.1 Å². The van der Waals surface area contributed by atoms with E-state index in [1.165, 1.54) is 0 Å². The van der Waals surface area contributed by atoms with Crippen molar-refractivity contribution in [1.82, 2.24) is 5.48 Å². The summed E-state index contributed by atoms with van der Waals surface area (Å²) >= 11 is 0. The second kappa shape index (κ2) is 12.8. The fourth-order valence-electron chi connectivity index (χ4n) is 3.00. The summed E-state index contributed by atoms with van der Waals surface area (Å²) in [6.45, 7) is 5.52. The lowest BCUT2D eigenvalue weighted by Crippen LogP contribution is -2.29. The first kappa shape index (κ1) is 25.3. The zero-order chi connectivity index (χ0) is 23.5. The molecule has 2 atom stereocenters. The van der Waals surface area contributed by atoms with E-state index in [0.29, 0.717) is 31.6 Å². The van der Waals surface area contributed by atoms with Crippen LogP contribution in [-0.2, 0) is 32.1 Å². The molecule has 2 aromatic rings. The predicted octanol–water partition coefficient (Wildman–Crippen LogP) is 2.26. The molecule has 0 saturated heterocycles. The molecule has 1 amide bonds. The van der Waals surface area contributed by atoms with Crippen LogP contribution in [0.25, 0.3) is 0 Å². The summed E-state index contributed by atoms with van der Waals surface area (Å²) in [5.41, 5.74) is 3.59. The van der Waals surface area contributed by atoms with Crippen LogP contribution in [0.3, 0.4) is 0 Å². The molecule has 0 spiro atoms. The van der Waals surface area contributed by atoms with Gasteiger partial charge in [0, 0.05) is 18.9 Å². The lowest BCUT2D eigenvalue weighted by Gasteiger charge is -2.22. The second-order valence-electron chi connectivity index (χ2n) is 7.01. The molecule has 0 aliphatic heterocycles. The Morgan fingerprint density at radius 1 is 1.12 bits per heavy atom. The summed E-state index contributed by atoms with van der Waals surface area (Å²) in [5.74, 6) is -1.53. The molecule has 2 N–H and O–H groups in total. The average Bonchev–Trinajstić information content (AvgIpc) is 3.08. The summed E-state index contributed by atoms with van der Waals surface area (Å²) in [6, 6.07) is 6.88. The SMILES string of the molecule is CCOC(=O)c1ccc(CC(CCC(=O)NOCc2oc(=O)oc2C)[C@@H](O)OCC)cc1. The van der Waals surface area contributed by atoms with E-state index in [1.54, 1.807) is 45.0 Å². The minimum absolute atomic E-state index is 0.0734. The number of hydroxylamine groups is 1. The molecule has 1 aromatic heterocycles. The zero-order valence-electron chi connectivity index (χ0n) is 18.4. The number of esters is 1. The Hall–Kier alpha value is -2.95. The highest BCUT2D eigenvalue weighted by atomic mass is 16.7. The van der Waals surface area contributed by atoms with Crippen LogP contribution in [0.1, 0.15) is 54.1 Å². The average molecular weight is 451 g/mol. The van der Waals surface area contributed by atoms with E-state index in [2.05, 4.69) is 5.48 Å². The molecule has 0 radical (unpaired) electrons. The first-order valence-electron chi connectivity index (χ1n) is 10.4. The van der Waals surface area contributed by atoms with Crippen LogP contribution in [0, 0.1) is 12.8 Å². The maximum absolute atomic E-state index is 12.1. The Kier molecular flexibility index (Phi) is 10.1. The topological polar surface area (TPSA) is 137 Å². The van der Waals surface area contributed by atoms with Gasteiger partial charge in [-0.15, -0.1) is 0 Å². The Labute approximate surface area is 185 Å². The van der Waals surface area contributed by atoms with Crippen molar-refractivity contribution in [2.24, 2.45) is 5.92 Å². The quantitative estimate of drug-likeness (QED) is 0.267. The van der Waals surface area contributed by atoms with Gasteiger partial charge in [-0.05, 0) is 51.3 Å². The lowest BCUT2D eigenvalue weighted by molar-refractivity contribution is -0.141. The van der Waals surface area contributed by atoms with Crippen molar-refractivity contribution in [3.8, 4) is 0 Å². The number of hydrogen-bond donors (Lipinski definition) is 2. The van der Waals surface area contributed by atoms with Gasteiger partial charge in [-0.3, -0.25) is 9.63 Å². The smallest absolute Gasteiger partial charge is 0.462 e. The highest BCUT2D eigenvalue weighted by molar-refractivity contribution is 5.89. The predicted molar refractivity (Wildman–Crippen MR) is 111 cm³/mol. The number of ether oxygens (including phenoxy) is 2. The molecule has 0 bridgehead atoms. The van der Waals surface area contributed by atoms with Crippen LogP contribution in [0.5, 0.6) is 0 Å². The molecule has 10 heteroatoms. The van der Waals surface area contributed by atoms with Crippen LogP contribution in [0.4, 0.5) is 0 Å². The van der Waals surface area contributed by atoms with Crippen molar-refractivity contribution in [2.45, 2.75) is 52.9 Å². The number of aliphatic hydroxyl groups excluding tert-OH is 1. The van der Waals surface area contributed by atoms with E-state index >= 15 is 0 Å². The van der Waals surface area contributed by atoms with E-state index in [-0.39, 0.29) is 30.5 Å². The highest BCUT2D eigenvalue weighted by Gasteiger charge is 2.22. The van der Waals surface area contributed by atoms with Crippen molar-refractivity contribution in [1.29, 1.82) is 0 Å². The van der Waals surface area contributed by atoms with Crippen molar-refractivity contribution in [2.75, 3.05) is 13.2 Å².